The minimum Gasteiger partial charge on any atom is -0.497 e. The Balaban J connectivity index is 1.94. The van der Waals surface area contributed by atoms with Crippen molar-refractivity contribution in [3.05, 3.63) is 58.7 Å². The molecule has 0 radical (unpaired) electrons. The number of rotatable bonds is 6. The van der Waals surface area contributed by atoms with E-state index in [-0.39, 0.29) is 18.6 Å². The molecule has 0 saturated carbocycles. The quantitative estimate of drug-likeness (QED) is 0.876. The lowest BCUT2D eigenvalue weighted by Crippen LogP contribution is -2.31. The fourth-order valence-corrected chi connectivity index (χ4v) is 2.54. The van der Waals surface area contributed by atoms with Gasteiger partial charge in [0.05, 0.1) is 13.2 Å². The van der Waals surface area contributed by atoms with Crippen molar-refractivity contribution in [1.82, 2.24) is 5.32 Å². The van der Waals surface area contributed by atoms with Crippen LogP contribution in [0.1, 0.15) is 35.2 Å². The molecule has 0 unspecified atom stereocenters. The van der Waals surface area contributed by atoms with E-state index in [1.807, 2.05) is 58.0 Å². The van der Waals surface area contributed by atoms with Crippen LogP contribution in [-0.4, -0.2) is 19.6 Å². The minimum absolute atomic E-state index is 0.00558. The molecule has 0 spiro atoms. The average molecular weight is 327 g/mol. The third-order valence-electron chi connectivity index (χ3n) is 4.21. The van der Waals surface area contributed by atoms with Gasteiger partial charge in [-0.3, -0.25) is 4.79 Å². The Kier molecular flexibility index (Phi) is 5.85. The Hall–Kier alpha value is -2.49. The van der Waals surface area contributed by atoms with E-state index in [1.165, 1.54) is 0 Å². The standard InChI is InChI=1S/C20H25NO3/c1-13-6-7-14(2)20(15(13)3)24-12-19(22)21-16(4)17-8-10-18(23-5)11-9-17/h6-11,16H,12H2,1-5H3,(H,21,22)/t16-/m1/s1. The molecule has 24 heavy (non-hydrogen) atoms. The summed E-state index contributed by atoms with van der Waals surface area (Å²) < 4.78 is 10.9. The molecule has 2 rings (SSSR count). The van der Waals surface area contributed by atoms with Crippen molar-refractivity contribution in [1.29, 1.82) is 0 Å². The second-order valence-corrected chi connectivity index (χ2v) is 6.00. The first-order valence-corrected chi connectivity index (χ1v) is 8.05. The van der Waals surface area contributed by atoms with Gasteiger partial charge in [-0.15, -0.1) is 0 Å². The molecule has 0 heterocycles. The first-order chi connectivity index (χ1) is 11.4. The number of amides is 1. The van der Waals surface area contributed by atoms with Gasteiger partial charge in [0.2, 0.25) is 0 Å². The Morgan fingerprint density at radius 1 is 1.04 bits per heavy atom. The van der Waals surface area contributed by atoms with Crippen LogP contribution in [0.15, 0.2) is 36.4 Å². The summed E-state index contributed by atoms with van der Waals surface area (Å²) in [5, 5.41) is 2.95. The van der Waals surface area contributed by atoms with Crippen molar-refractivity contribution < 1.29 is 14.3 Å². The second kappa shape index (κ2) is 7.86. The molecule has 0 aliphatic rings. The van der Waals surface area contributed by atoms with Crippen molar-refractivity contribution >= 4 is 5.91 Å². The number of hydrogen-bond acceptors (Lipinski definition) is 3. The predicted octanol–water partition coefficient (Wildman–Crippen LogP) is 3.88. The molecule has 2 aromatic rings. The summed E-state index contributed by atoms with van der Waals surface area (Å²) in [6.07, 6.45) is 0. The Bertz CT molecular complexity index is 708. The number of benzene rings is 2. The van der Waals surface area contributed by atoms with E-state index in [0.29, 0.717) is 0 Å². The summed E-state index contributed by atoms with van der Waals surface area (Å²) in [6, 6.07) is 11.6. The highest BCUT2D eigenvalue weighted by Gasteiger charge is 2.12. The van der Waals surface area contributed by atoms with Gasteiger partial charge in [0.25, 0.3) is 5.91 Å². The zero-order valence-corrected chi connectivity index (χ0v) is 15.0. The van der Waals surface area contributed by atoms with E-state index in [4.69, 9.17) is 9.47 Å². The molecule has 128 valence electrons. The Morgan fingerprint density at radius 3 is 2.29 bits per heavy atom. The van der Waals surface area contributed by atoms with E-state index < -0.39 is 0 Å². The maximum absolute atomic E-state index is 12.2. The number of ether oxygens (including phenoxy) is 2. The molecule has 4 heteroatoms. The summed E-state index contributed by atoms with van der Waals surface area (Å²) in [5.74, 6) is 1.45. The zero-order valence-electron chi connectivity index (χ0n) is 15.0. The molecule has 0 fully saturated rings. The monoisotopic (exact) mass is 327 g/mol. The topological polar surface area (TPSA) is 47.6 Å². The van der Waals surface area contributed by atoms with Crippen molar-refractivity contribution in [3.63, 3.8) is 0 Å². The zero-order chi connectivity index (χ0) is 17.7. The summed E-state index contributed by atoms with van der Waals surface area (Å²) in [7, 11) is 1.63. The van der Waals surface area contributed by atoms with E-state index in [9.17, 15) is 4.79 Å². The number of nitrogens with one attached hydrogen (secondary N) is 1. The van der Waals surface area contributed by atoms with Crippen LogP contribution in [0, 0.1) is 20.8 Å². The number of aryl methyl sites for hydroxylation is 2. The van der Waals surface area contributed by atoms with Gasteiger partial charge in [-0.2, -0.15) is 0 Å². The maximum atomic E-state index is 12.2. The molecule has 0 saturated heterocycles. The van der Waals surface area contributed by atoms with E-state index in [1.54, 1.807) is 7.11 Å². The fourth-order valence-electron chi connectivity index (χ4n) is 2.54. The number of carbonyl (C=O) groups is 1. The van der Waals surface area contributed by atoms with Crippen LogP contribution in [0.2, 0.25) is 0 Å². The van der Waals surface area contributed by atoms with E-state index in [2.05, 4.69) is 11.4 Å². The van der Waals surface area contributed by atoms with Crippen LogP contribution >= 0.6 is 0 Å². The van der Waals surface area contributed by atoms with E-state index in [0.717, 1.165) is 33.8 Å². The van der Waals surface area contributed by atoms with Crippen LogP contribution < -0.4 is 14.8 Å². The molecule has 4 nitrogen and oxygen atoms in total. The molecule has 1 amide bonds. The average Bonchev–Trinajstić information content (AvgIpc) is 2.58. The Labute approximate surface area is 143 Å². The second-order valence-electron chi connectivity index (χ2n) is 6.00. The number of carbonyl (C=O) groups excluding carboxylic acids is 1. The normalized spacial score (nSPS) is 11.7. The minimum atomic E-state index is -0.140. The fraction of sp³-hybridized carbons (Fsp3) is 0.350. The third kappa shape index (κ3) is 4.28. The van der Waals surface area contributed by atoms with Crippen molar-refractivity contribution in [2.45, 2.75) is 33.7 Å². The highest BCUT2D eigenvalue weighted by molar-refractivity contribution is 5.78. The van der Waals surface area contributed by atoms with Crippen LogP contribution in [0.4, 0.5) is 0 Å². The number of methoxy groups -OCH3 is 1. The van der Waals surface area contributed by atoms with Crippen LogP contribution in [-0.2, 0) is 4.79 Å². The van der Waals surface area contributed by atoms with Gasteiger partial charge in [0.1, 0.15) is 11.5 Å². The molecule has 1 N–H and O–H groups in total. The number of hydrogen-bond donors (Lipinski definition) is 1. The van der Waals surface area contributed by atoms with Crippen molar-refractivity contribution in [3.8, 4) is 11.5 Å². The summed E-state index contributed by atoms with van der Waals surface area (Å²) in [5.41, 5.74) is 4.29. The van der Waals surface area contributed by atoms with Gasteiger partial charge in [-0.25, -0.2) is 0 Å². The highest BCUT2D eigenvalue weighted by atomic mass is 16.5. The van der Waals surface area contributed by atoms with Crippen LogP contribution in [0.3, 0.4) is 0 Å². The SMILES string of the molecule is COc1ccc([C@@H](C)NC(=O)COc2c(C)ccc(C)c2C)cc1. The lowest BCUT2D eigenvalue weighted by atomic mass is 10.1. The molecule has 0 aliphatic heterocycles. The van der Waals surface area contributed by atoms with Gasteiger partial charge < -0.3 is 14.8 Å². The van der Waals surface area contributed by atoms with Crippen LogP contribution in [0.5, 0.6) is 11.5 Å². The van der Waals surface area contributed by atoms with Gasteiger partial charge in [-0.1, -0.05) is 24.3 Å². The molecule has 0 aromatic heterocycles. The van der Waals surface area contributed by atoms with E-state index >= 15 is 0 Å². The lowest BCUT2D eigenvalue weighted by molar-refractivity contribution is -0.123. The van der Waals surface area contributed by atoms with Crippen LogP contribution in [0.25, 0.3) is 0 Å². The largest absolute Gasteiger partial charge is 0.497 e. The molecule has 0 aliphatic carbocycles. The first-order valence-electron chi connectivity index (χ1n) is 8.05. The molecular formula is C20H25NO3. The summed E-state index contributed by atoms with van der Waals surface area (Å²) in [6.45, 7) is 7.98. The van der Waals surface area contributed by atoms with Gasteiger partial charge in [0, 0.05) is 0 Å². The smallest absolute Gasteiger partial charge is 0.258 e. The molecule has 0 bridgehead atoms. The van der Waals surface area contributed by atoms with Gasteiger partial charge in [-0.05, 0) is 62.1 Å². The van der Waals surface area contributed by atoms with Gasteiger partial charge in [0.15, 0.2) is 6.61 Å². The predicted molar refractivity (Wildman–Crippen MR) is 95.7 cm³/mol. The maximum Gasteiger partial charge on any atom is 0.258 e. The van der Waals surface area contributed by atoms with Crippen molar-refractivity contribution in [2.24, 2.45) is 0 Å². The van der Waals surface area contributed by atoms with Gasteiger partial charge >= 0.3 is 0 Å². The Morgan fingerprint density at radius 2 is 1.67 bits per heavy atom. The highest BCUT2D eigenvalue weighted by Crippen LogP contribution is 2.25. The van der Waals surface area contributed by atoms with Crippen molar-refractivity contribution in [2.75, 3.05) is 13.7 Å². The molecule has 2 aromatic carbocycles. The third-order valence-corrected chi connectivity index (χ3v) is 4.21. The summed E-state index contributed by atoms with van der Waals surface area (Å²) in [4.78, 5) is 12.2. The molecule has 1 atom stereocenters. The lowest BCUT2D eigenvalue weighted by Gasteiger charge is -2.17. The first kappa shape index (κ1) is 17.9. The summed E-state index contributed by atoms with van der Waals surface area (Å²) >= 11 is 0. The molecular weight excluding hydrogens is 302 g/mol.